The van der Waals surface area contributed by atoms with Crippen LogP contribution in [0.25, 0.3) is 33.4 Å². The van der Waals surface area contributed by atoms with Crippen LogP contribution in [0.2, 0.25) is 0 Å². The number of halogens is 1. The maximum Gasteiger partial charge on any atom is 0.0476 e. The molecule has 0 aromatic heterocycles. The van der Waals surface area contributed by atoms with Crippen molar-refractivity contribution in [2.45, 2.75) is 6.92 Å². The predicted octanol–water partition coefficient (Wildman–Crippen LogP) is 7.18. The van der Waals surface area contributed by atoms with Gasteiger partial charge >= 0.3 is 0 Å². The summed E-state index contributed by atoms with van der Waals surface area (Å²) in [7, 11) is 0. The molecule has 1 nitrogen and oxygen atoms in total. The SMILES string of the molecule is Cc1ccc(-c2ccc(-c3ccc(I)cc3)cc2)c(N)c1-c1ccccc1. The van der Waals surface area contributed by atoms with Crippen LogP contribution in [0.4, 0.5) is 5.69 Å². The molecular weight excluding hydrogens is 441 g/mol. The summed E-state index contributed by atoms with van der Waals surface area (Å²) < 4.78 is 1.24. The number of hydrogen-bond acceptors (Lipinski definition) is 1. The summed E-state index contributed by atoms with van der Waals surface area (Å²) in [6, 6.07) is 31.9. The minimum Gasteiger partial charge on any atom is -0.398 e. The first-order valence-electron chi connectivity index (χ1n) is 8.94. The van der Waals surface area contributed by atoms with Gasteiger partial charge in [0.25, 0.3) is 0 Å². The summed E-state index contributed by atoms with van der Waals surface area (Å²) in [5.74, 6) is 0. The van der Waals surface area contributed by atoms with E-state index in [2.05, 4.69) is 114 Å². The number of nitrogen functional groups attached to an aromatic ring is 1. The smallest absolute Gasteiger partial charge is 0.0476 e. The third kappa shape index (κ3) is 3.62. The van der Waals surface area contributed by atoms with E-state index in [4.69, 9.17) is 5.73 Å². The van der Waals surface area contributed by atoms with Crippen LogP contribution in [0.15, 0.2) is 91.0 Å². The average Bonchev–Trinajstić information content (AvgIpc) is 2.70. The summed E-state index contributed by atoms with van der Waals surface area (Å²) in [6.07, 6.45) is 0. The quantitative estimate of drug-likeness (QED) is 0.254. The second-order valence-corrected chi connectivity index (χ2v) is 7.91. The minimum absolute atomic E-state index is 0.836. The van der Waals surface area contributed by atoms with E-state index in [0.717, 1.165) is 27.9 Å². The molecular formula is C25H20IN. The molecule has 2 heteroatoms. The van der Waals surface area contributed by atoms with Crippen LogP contribution in [0.5, 0.6) is 0 Å². The molecule has 4 rings (SSSR count). The fourth-order valence-electron chi connectivity index (χ4n) is 3.45. The van der Waals surface area contributed by atoms with Gasteiger partial charge in [-0.1, -0.05) is 78.9 Å². The highest BCUT2D eigenvalue weighted by Gasteiger charge is 2.12. The van der Waals surface area contributed by atoms with Gasteiger partial charge in [0, 0.05) is 20.4 Å². The molecule has 0 saturated heterocycles. The van der Waals surface area contributed by atoms with E-state index in [-0.39, 0.29) is 0 Å². The Hall–Kier alpha value is -2.59. The van der Waals surface area contributed by atoms with Crippen molar-refractivity contribution in [3.05, 3.63) is 100 Å². The van der Waals surface area contributed by atoms with Crippen LogP contribution < -0.4 is 5.73 Å². The Morgan fingerprint density at radius 1 is 0.593 bits per heavy atom. The molecule has 0 fully saturated rings. The normalized spacial score (nSPS) is 10.7. The molecule has 0 bridgehead atoms. The van der Waals surface area contributed by atoms with Crippen molar-refractivity contribution in [3.8, 4) is 33.4 Å². The summed E-state index contributed by atoms with van der Waals surface area (Å²) in [5, 5.41) is 0. The summed E-state index contributed by atoms with van der Waals surface area (Å²) in [5.41, 5.74) is 15.6. The molecule has 0 unspecified atom stereocenters. The number of anilines is 1. The number of aryl methyl sites for hydroxylation is 1. The zero-order valence-electron chi connectivity index (χ0n) is 15.1. The molecule has 0 spiro atoms. The van der Waals surface area contributed by atoms with E-state index in [9.17, 15) is 0 Å². The Morgan fingerprint density at radius 3 is 1.78 bits per heavy atom. The Kier molecular flexibility index (Phi) is 4.99. The third-order valence-corrected chi connectivity index (χ3v) is 5.61. The van der Waals surface area contributed by atoms with Gasteiger partial charge in [0.05, 0.1) is 0 Å². The van der Waals surface area contributed by atoms with Crippen molar-refractivity contribution in [2.24, 2.45) is 0 Å². The van der Waals surface area contributed by atoms with Gasteiger partial charge in [-0.3, -0.25) is 0 Å². The lowest BCUT2D eigenvalue weighted by Gasteiger charge is -2.15. The monoisotopic (exact) mass is 461 g/mol. The van der Waals surface area contributed by atoms with Crippen molar-refractivity contribution in [1.82, 2.24) is 0 Å². The standard InChI is InChI=1S/C25H20IN/c1-17-7-16-23(25(27)24(17)21-5-3-2-4-6-21)20-10-8-18(9-11-20)19-12-14-22(26)15-13-19/h2-16H,27H2,1H3. The Bertz CT molecular complexity index is 1070. The highest BCUT2D eigenvalue weighted by Crippen LogP contribution is 2.37. The van der Waals surface area contributed by atoms with E-state index in [1.54, 1.807) is 0 Å². The van der Waals surface area contributed by atoms with E-state index in [1.807, 2.05) is 6.07 Å². The molecule has 2 N–H and O–H groups in total. The lowest BCUT2D eigenvalue weighted by atomic mass is 9.92. The van der Waals surface area contributed by atoms with Crippen LogP contribution >= 0.6 is 22.6 Å². The van der Waals surface area contributed by atoms with Crippen molar-refractivity contribution in [1.29, 1.82) is 0 Å². The summed E-state index contributed by atoms with van der Waals surface area (Å²) >= 11 is 2.33. The summed E-state index contributed by atoms with van der Waals surface area (Å²) in [6.45, 7) is 2.11. The first kappa shape index (κ1) is 17.8. The fraction of sp³-hybridized carbons (Fsp3) is 0.0400. The van der Waals surface area contributed by atoms with Gasteiger partial charge in [-0.05, 0) is 69.5 Å². The molecule has 0 heterocycles. The Labute approximate surface area is 174 Å². The Balaban J connectivity index is 1.75. The van der Waals surface area contributed by atoms with Crippen molar-refractivity contribution >= 4 is 28.3 Å². The maximum absolute atomic E-state index is 6.61. The van der Waals surface area contributed by atoms with Gasteiger partial charge in [-0.25, -0.2) is 0 Å². The van der Waals surface area contributed by atoms with Gasteiger partial charge in [0.2, 0.25) is 0 Å². The highest BCUT2D eigenvalue weighted by atomic mass is 127. The molecule has 0 saturated carbocycles. The highest BCUT2D eigenvalue weighted by molar-refractivity contribution is 14.1. The molecule has 4 aromatic carbocycles. The van der Waals surface area contributed by atoms with E-state index >= 15 is 0 Å². The van der Waals surface area contributed by atoms with Gasteiger partial charge in [-0.15, -0.1) is 0 Å². The molecule has 0 atom stereocenters. The van der Waals surface area contributed by atoms with Gasteiger partial charge in [0.1, 0.15) is 0 Å². The first-order valence-corrected chi connectivity index (χ1v) is 10.0. The molecule has 0 aliphatic rings. The summed E-state index contributed by atoms with van der Waals surface area (Å²) in [4.78, 5) is 0. The lowest BCUT2D eigenvalue weighted by Crippen LogP contribution is -1.96. The van der Waals surface area contributed by atoms with Gasteiger partial charge in [0.15, 0.2) is 0 Å². The number of nitrogens with two attached hydrogens (primary N) is 1. The van der Waals surface area contributed by atoms with E-state index in [1.165, 1.54) is 20.3 Å². The number of hydrogen-bond donors (Lipinski definition) is 1. The largest absolute Gasteiger partial charge is 0.398 e. The van der Waals surface area contributed by atoms with Crippen LogP contribution in [-0.4, -0.2) is 0 Å². The van der Waals surface area contributed by atoms with Crippen LogP contribution in [-0.2, 0) is 0 Å². The molecule has 0 aliphatic heterocycles. The third-order valence-electron chi connectivity index (χ3n) is 4.89. The second-order valence-electron chi connectivity index (χ2n) is 6.67. The number of rotatable bonds is 3. The van der Waals surface area contributed by atoms with Crippen LogP contribution in [0.3, 0.4) is 0 Å². The van der Waals surface area contributed by atoms with Crippen molar-refractivity contribution < 1.29 is 0 Å². The molecule has 132 valence electrons. The maximum atomic E-state index is 6.61. The lowest BCUT2D eigenvalue weighted by molar-refractivity contribution is 1.45. The predicted molar refractivity (Wildman–Crippen MR) is 125 cm³/mol. The molecule has 0 radical (unpaired) electrons. The molecule has 0 amide bonds. The van der Waals surface area contributed by atoms with Crippen molar-refractivity contribution in [2.75, 3.05) is 5.73 Å². The first-order chi connectivity index (χ1) is 13.1. The zero-order valence-corrected chi connectivity index (χ0v) is 17.3. The van der Waals surface area contributed by atoms with Crippen LogP contribution in [0.1, 0.15) is 5.56 Å². The second kappa shape index (κ2) is 7.57. The average molecular weight is 461 g/mol. The molecule has 27 heavy (non-hydrogen) atoms. The van der Waals surface area contributed by atoms with E-state index in [0.29, 0.717) is 0 Å². The fourth-order valence-corrected chi connectivity index (χ4v) is 3.81. The van der Waals surface area contributed by atoms with Crippen LogP contribution in [0, 0.1) is 10.5 Å². The zero-order chi connectivity index (χ0) is 18.8. The number of benzene rings is 4. The molecule has 0 aliphatic carbocycles. The van der Waals surface area contributed by atoms with Crippen molar-refractivity contribution in [3.63, 3.8) is 0 Å². The van der Waals surface area contributed by atoms with Gasteiger partial charge < -0.3 is 5.73 Å². The minimum atomic E-state index is 0.836. The topological polar surface area (TPSA) is 26.0 Å². The van der Waals surface area contributed by atoms with Gasteiger partial charge in [-0.2, -0.15) is 0 Å². The molecule has 4 aromatic rings. The van der Waals surface area contributed by atoms with E-state index < -0.39 is 0 Å². The Morgan fingerprint density at radius 2 is 1.15 bits per heavy atom.